The van der Waals surface area contributed by atoms with Gasteiger partial charge in [0.25, 0.3) is 0 Å². The largest absolute Gasteiger partial charge is 0.486 e. The number of hydrogen-bond acceptors (Lipinski definition) is 3. The van der Waals surface area contributed by atoms with Crippen LogP contribution < -0.4 is 4.74 Å². The van der Waals surface area contributed by atoms with Crippen molar-refractivity contribution in [2.45, 2.75) is 33.4 Å². The molecule has 0 radical (unpaired) electrons. The molecular weight excluding hydrogens is 336 g/mol. The first kappa shape index (κ1) is 15.6. The minimum Gasteiger partial charge on any atom is -0.486 e. The van der Waals surface area contributed by atoms with Crippen LogP contribution in [0.5, 0.6) is 5.75 Å². The molecule has 0 aliphatic carbocycles. The van der Waals surface area contributed by atoms with Gasteiger partial charge in [0.15, 0.2) is 0 Å². The predicted octanol–water partition coefficient (Wildman–Crippen LogP) is 3.81. The summed E-state index contributed by atoms with van der Waals surface area (Å²) in [5.41, 5.74) is 1.68. The summed E-state index contributed by atoms with van der Waals surface area (Å²) in [7, 11) is 0. The molecule has 0 saturated carbocycles. The van der Waals surface area contributed by atoms with E-state index in [-0.39, 0.29) is 18.2 Å². The van der Waals surface area contributed by atoms with Crippen molar-refractivity contribution in [1.29, 1.82) is 0 Å². The van der Waals surface area contributed by atoms with Gasteiger partial charge in [-0.3, -0.25) is 4.68 Å². The number of benzene rings is 1. The molecule has 1 aromatic carbocycles. The van der Waals surface area contributed by atoms with E-state index in [9.17, 15) is 9.90 Å². The molecule has 1 N–H and O–H groups in total. The summed E-state index contributed by atoms with van der Waals surface area (Å²) in [6.07, 6.45) is 1.88. The van der Waals surface area contributed by atoms with E-state index in [1.54, 1.807) is 0 Å². The number of halogens is 1. The maximum Gasteiger partial charge on any atom is 0.339 e. The summed E-state index contributed by atoms with van der Waals surface area (Å²) >= 11 is 3.30. The van der Waals surface area contributed by atoms with Crippen LogP contribution in [0.3, 0.4) is 0 Å². The van der Waals surface area contributed by atoms with Crippen molar-refractivity contribution >= 4 is 21.9 Å². The number of carboxylic acids is 1. The number of nitrogens with zero attached hydrogens (tertiary/aromatic N) is 2. The zero-order chi connectivity index (χ0) is 15.6. The highest BCUT2D eigenvalue weighted by Crippen LogP contribution is 2.28. The highest BCUT2D eigenvalue weighted by molar-refractivity contribution is 9.10. The first-order valence-electron chi connectivity index (χ1n) is 6.58. The van der Waals surface area contributed by atoms with Gasteiger partial charge in [-0.1, -0.05) is 15.9 Å². The van der Waals surface area contributed by atoms with Gasteiger partial charge >= 0.3 is 5.97 Å². The van der Waals surface area contributed by atoms with Crippen LogP contribution in [0.15, 0.2) is 28.9 Å². The molecule has 0 aliphatic rings. The zero-order valence-corrected chi connectivity index (χ0v) is 13.7. The highest BCUT2D eigenvalue weighted by Gasteiger charge is 2.16. The van der Waals surface area contributed by atoms with Crippen molar-refractivity contribution in [1.82, 2.24) is 9.78 Å². The van der Waals surface area contributed by atoms with E-state index in [1.807, 2.05) is 43.8 Å². The molecule has 5 nitrogen and oxygen atoms in total. The Labute approximate surface area is 131 Å². The van der Waals surface area contributed by atoms with Gasteiger partial charge in [-0.2, -0.15) is 5.10 Å². The second-order valence-corrected chi connectivity index (χ2v) is 5.99. The van der Waals surface area contributed by atoms with Crippen LogP contribution in [-0.2, 0) is 6.61 Å². The maximum atomic E-state index is 11.3. The molecule has 0 aliphatic heterocycles. The normalized spacial score (nSPS) is 10.9. The van der Waals surface area contributed by atoms with Crippen LogP contribution in [0.4, 0.5) is 0 Å². The Hall–Kier alpha value is -1.82. The van der Waals surface area contributed by atoms with E-state index in [1.165, 1.54) is 6.07 Å². The Morgan fingerprint density at radius 2 is 2.19 bits per heavy atom. The molecule has 0 spiro atoms. The maximum absolute atomic E-state index is 11.3. The lowest BCUT2D eigenvalue weighted by molar-refractivity contribution is 0.0691. The van der Waals surface area contributed by atoms with Gasteiger partial charge < -0.3 is 9.84 Å². The molecule has 0 saturated heterocycles. The molecule has 0 atom stereocenters. The highest BCUT2D eigenvalue weighted by atomic mass is 79.9. The second kappa shape index (κ2) is 6.30. The number of rotatable bonds is 5. The summed E-state index contributed by atoms with van der Waals surface area (Å²) in [5, 5.41) is 13.6. The minimum absolute atomic E-state index is 0.144. The Bertz CT molecular complexity index is 665. The number of aromatic carboxylic acids is 1. The summed E-state index contributed by atoms with van der Waals surface area (Å²) < 4.78 is 8.24. The fourth-order valence-electron chi connectivity index (χ4n) is 1.97. The quantitative estimate of drug-likeness (QED) is 0.888. The Morgan fingerprint density at radius 3 is 2.76 bits per heavy atom. The molecule has 0 bridgehead atoms. The van der Waals surface area contributed by atoms with Gasteiger partial charge in [0.2, 0.25) is 0 Å². The molecule has 0 amide bonds. The SMILES string of the molecule is Cc1cc(Br)cc(C(=O)O)c1OCc1ccn(C(C)C)n1. The third kappa shape index (κ3) is 3.64. The van der Waals surface area contributed by atoms with E-state index in [4.69, 9.17) is 4.74 Å². The molecule has 6 heteroatoms. The Balaban J connectivity index is 2.21. The van der Waals surface area contributed by atoms with Crippen LogP contribution in [0, 0.1) is 6.92 Å². The average molecular weight is 353 g/mol. The molecule has 1 heterocycles. The van der Waals surface area contributed by atoms with E-state index in [2.05, 4.69) is 21.0 Å². The summed E-state index contributed by atoms with van der Waals surface area (Å²) in [6.45, 7) is 6.14. The van der Waals surface area contributed by atoms with E-state index in [0.29, 0.717) is 10.2 Å². The minimum atomic E-state index is -1.01. The number of carbonyl (C=O) groups is 1. The van der Waals surface area contributed by atoms with Gasteiger partial charge in [0, 0.05) is 16.7 Å². The van der Waals surface area contributed by atoms with E-state index in [0.717, 1.165) is 11.3 Å². The second-order valence-electron chi connectivity index (χ2n) is 5.07. The van der Waals surface area contributed by atoms with Gasteiger partial charge in [0.1, 0.15) is 17.9 Å². The molecule has 2 aromatic rings. The average Bonchev–Trinajstić information content (AvgIpc) is 2.85. The van der Waals surface area contributed by atoms with E-state index >= 15 is 0 Å². The van der Waals surface area contributed by atoms with Crippen LogP contribution >= 0.6 is 15.9 Å². The standard InChI is InChI=1S/C15H17BrN2O3/c1-9(2)18-5-4-12(17-18)8-21-14-10(3)6-11(16)7-13(14)15(19)20/h4-7,9H,8H2,1-3H3,(H,19,20). The molecule has 0 fully saturated rings. The molecule has 1 aromatic heterocycles. The fraction of sp³-hybridized carbons (Fsp3) is 0.333. The van der Waals surface area contributed by atoms with Crippen molar-refractivity contribution in [2.24, 2.45) is 0 Å². The molecular formula is C15H17BrN2O3. The monoisotopic (exact) mass is 352 g/mol. The molecule has 112 valence electrons. The number of aryl methyl sites for hydroxylation is 1. The molecule has 21 heavy (non-hydrogen) atoms. The third-order valence-electron chi connectivity index (χ3n) is 3.03. The molecule has 0 unspecified atom stereocenters. The first-order valence-corrected chi connectivity index (χ1v) is 7.38. The Morgan fingerprint density at radius 1 is 1.48 bits per heavy atom. The van der Waals surface area contributed by atoms with Crippen molar-refractivity contribution < 1.29 is 14.6 Å². The summed E-state index contributed by atoms with van der Waals surface area (Å²) in [4.78, 5) is 11.3. The van der Waals surface area contributed by atoms with Crippen LogP contribution in [-0.4, -0.2) is 20.9 Å². The van der Waals surface area contributed by atoms with Gasteiger partial charge in [-0.15, -0.1) is 0 Å². The van der Waals surface area contributed by atoms with Crippen LogP contribution in [0.25, 0.3) is 0 Å². The summed E-state index contributed by atoms with van der Waals surface area (Å²) in [6, 6.07) is 5.52. The predicted molar refractivity (Wildman–Crippen MR) is 82.8 cm³/mol. The lowest BCUT2D eigenvalue weighted by Crippen LogP contribution is -2.07. The van der Waals surface area contributed by atoms with Crippen LogP contribution in [0.2, 0.25) is 0 Å². The third-order valence-corrected chi connectivity index (χ3v) is 3.48. The van der Waals surface area contributed by atoms with Crippen molar-refractivity contribution in [3.8, 4) is 5.75 Å². The van der Waals surface area contributed by atoms with Crippen LogP contribution in [0.1, 0.15) is 41.5 Å². The lowest BCUT2D eigenvalue weighted by atomic mass is 10.1. The topological polar surface area (TPSA) is 64.3 Å². The smallest absolute Gasteiger partial charge is 0.339 e. The summed E-state index contributed by atoms with van der Waals surface area (Å²) in [5.74, 6) is -0.632. The van der Waals surface area contributed by atoms with Crippen molar-refractivity contribution in [3.63, 3.8) is 0 Å². The number of ether oxygens (including phenoxy) is 1. The van der Waals surface area contributed by atoms with Crippen molar-refractivity contribution in [3.05, 3.63) is 45.7 Å². The van der Waals surface area contributed by atoms with Crippen molar-refractivity contribution in [2.75, 3.05) is 0 Å². The first-order chi connectivity index (χ1) is 9.88. The number of carboxylic acid groups (broad SMARTS) is 1. The number of aromatic nitrogens is 2. The molecule has 2 rings (SSSR count). The Kier molecular flexibility index (Phi) is 4.67. The van der Waals surface area contributed by atoms with E-state index < -0.39 is 5.97 Å². The number of hydrogen-bond donors (Lipinski definition) is 1. The zero-order valence-electron chi connectivity index (χ0n) is 12.1. The van der Waals surface area contributed by atoms with Gasteiger partial charge in [-0.05, 0) is 44.5 Å². The van der Waals surface area contributed by atoms with Gasteiger partial charge in [-0.25, -0.2) is 4.79 Å². The lowest BCUT2D eigenvalue weighted by Gasteiger charge is -2.12. The van der Waals surface area contributed by atoms with Gasteiger partial charge in [0.05, 0.1) is 5.69 Å². The fourth-order valence-corrected chi connectivity index (χ4v) is 2.54.